The molecular weight excluding hydrogens is 284 g/mol. The number of nitrogens with one attached hydrogen (secondary N) is 1. The Morgan fingerprint density at radius 2 is 1.86 bits per heavy atom. The fraction of sp³-hybridized carbons (Fsp3) is 0.875. The van der Waals surface area contributed by atoms with Crippen molar-refractivity contribution in [2.24, 2.45) is 11.8 Å². The second kappa shape index (κ2) is 8.06. The molecule has 0 bridgehead atoms. The maximum absolute atomic E-state index is 12.5. The van der Waals surface area contributed by atoms with E-state index in [4.69, 9.17) is 0 Å². The number of nitrogens with zero attached hydrogens (tertiary/aromatic N) is 1. The van der Waals surface area contributed by atoms with Gasteiger partial charge in [-0.05, 0) is 25.2 Å². The Balaban J connectivity index is 2.80. The van der Waals surface area contributed by atoms with Gasteiger partial charge in [0.2, 0.25) is 11.8 Å². The molecule has 0 aliphatic carbocycles. The molecule has 0 aromatic carbocycles. The van der Waals surface area contributed by atoms with Crippen LogP contribution in [0, 0.1) is 11.8 Å². The van der Waals surface area contributed by atoms with Crippen molar-refractivity contribution in [2.75, 3.05) is 5.75 Å². The summed E-state index contributed by atoms with van der Waals surface area (Å²) in [4.78, 5) is 26.6. The molecule has 21 heavy (non-hydrogen) atoms. The molecule has 2 amide bonds. The number of carbonyl (C=O) groups is 2. The van der Waals surface area contributed by atoms with Gasteiger partial charge in [0, 0.05) is 18.2 Å². The highest BCUT2D eigenvalue weighted by atomic mass is 32.2. The highest BCUT2D eigenvalue weighted by molar-refractivity contribution is 8.00. The second-order valence-electron chi connectivity index (χ2n) is 6.63. The van der Waals surface area contributed by atoms with Crippen molar-refractivity contribution in [3.8, 4) is 0 Å². The molecule has 3 unspecified atom stereocenters. The molecule has 1 rings (SSSR count). The van der Waals surface area contributed by atoms with Crippen LogP contribution in [0.2, 0.25) is 0 Å². The van der Waals surface area contributed by atoms with Crippen LogP contribution in [-0.4, -0.2) is 39.9 Å². The summed E-state index contributed by atoms with van der Waals surface area (Å²) in [6.07, 6.45) is 1.40. The third kappa shape index (κ3) is 4.90. The van der Waals surface area contributed by atoms with E-state index in [1.807, 2.05) is 18.7 Å². The Bertz CT molecular complexity index is 371. The summed E-state index contributed by atoms with van der Waals surface area (Å²) in [5.41, 5.74) is 0. The molecule has 0 aromatic heterocycles. The molecule has 122 valence electrons. The summed E-state index contributed by atoms with van der Waals surface area (Å²) in [6, 6.07) is -0.183. The minimum atomic E-state index is -0.313. The Hall–Kier alpha value is -0.710. The van der Waals surface area contributed by atoms with Crippen LogP contribution in [0.3, 0.4) is 0 Å². The zero-order valence-electron chi connectivity index (χ0n) is 14.2. The third-order valence-corrected chi connectivity index (χ3v) is 5.34. The minimum absolute atomic E-state index is 0.00300. The smallest absolute Gasteiger partial charge is 0.243 e. The second-order valence-corrected chi connectivity index (χ2v) is 7.84. The molecule has 1 heterocycles. The first-order valence-corrected chi connectivity index (χ1v) is 9.05. The van der Waals surface area contributed by atoms with E-state index in [1.165, 1.54) is 0 Å². The summed E-state index contributed by atoms with van der Waals surface area (Å²) < 4.78 is 0. The van der Waals surface area contributed by atoms with Gasteiger partial charge in [-0.15, -0.1) is 11.8 Å². The van der Waals surface area contributed by atoms with Gasteiger partial charge >= 0.3 is 0 Å². The predicted molar refractivity (Wildman–Crippen MR) is 89.1 cm³/mol. The van der Waals surface area contributed by atoms with Crippen molar-refractivity contribution in [1.29, 1.82) is 0 Å². The lowest BCUT2D eigenvalue weighted by Gasteiger charge is -2.30. The monoisotopic (exact) mass is 314 g/mol. The summed E-state index contributed by atoms with van der Waals surface area (Å²) in [5, 5.41) is 3.20. The van der Waals surface area contributed by atoms with Gasteiger partial charge in [-0.2, -0.15) is 0 Å². The van der Waals surface area contributed by atoms with E-state index in [1.54, 1.807) is 11.8 Å². The quantitative estimate of drug-likeness (QED) is 0.820. The van der Waals surface area contributed by atoms with E-state index >= 15 is 0 Å². The van der Waals surface area contributed by atoms with Crippen molar-refractivity contribution in [2.45, 2.75) is 71.8 Å². The van der Waals surface area contributed by atoms with E-state index in [-0.39, 0.29) is 29.3 Å². The number of carbonyl (C=O) groups excluding carboxylic acids is 2. The molecule has 0 radical (unpaired) electrons. The molecule has 1 saturated heterocycles. The Kier molecular flexibility index (Phi) is 7.04. The first kappa shape index (κ1) is 18.3. The number of thioether (sulfide) groups is 1. The highest BCUT2D eigenvalue weighted by Gasteiger charge is 2.41. The Labute approximate surface area is 133 Å². The highest BCUT2D eigenvalue weighted by Crippen LogP contribution is 2.34. The van der Waals surface area contributed by atoms with Gasteiger partial charge in [0.1, 0.15) is 6.04 Å². The van der Waals surface area contributed by atoms with E-state index in [9.17, 15) is 9.59 Å². The zero-order chi connectivity index (χ0) is 16.2. The van der Waals surface area contributed by atoms with Crippen LogP contribution in [0.15, 0.2) is 0 Å². The van der Waals surface area contributed by atoms with Crippen LogP contribution in [0.4, 0.5) is 0 Å². The molecular formula is C16H30N2O2S. The lowest BCUT2D eigenvalue weighted by molar-refractivity contribution is -0.140. The molecule has 3 atom stereocenters. The van der Waals surface area contributed by atoms with Crippen LogP contribution < -0.4 is 5.32 Å². The molecule has 5 heteroatoms. The lowest BCUT2D eigenvalue weighted by atomic mass is 10.1. The number of hydrogen-bond acceptors (Lipinski definition) is 3. The molecule has 4 nitrogen and oxygen atoms in total. The maximum atomic E-state index is 12.5. The topological polar surface area (TPSA) is 49.4 Å². The maximum Gasteiger partial charge on any atom is 0.243 e. The molecule has 1 N–H and O–H groups in total. The fourth-order valence-corrected chi connectivity index (χ4v) is 4.02. The summed E-state index contributed by atoms with van der Waals surface area (Å²) in [7, 11) is 0. The summed E-state index contributed by atoms with van der Waals surface area (Å²) >= 11 is 1.74. The van der Waals surface area contributed by atoms with Gasteiger partial charge in [-0.25, -0.2) is 0 Å². The molecule has 1 aliphatic heterocycles. The zero-order valence-corrected chi connectivity index (χ0v) is 15.0. The van der Waals surface area contributed by atoms with E-state index in [2.05, 4.69) is 33.0 Å². The van der Waals surface area contributed by atoms with Gasteiger partial charge < -0.3 is 10.2 Å². The normalized spacial score (nSPS) is 23.7. The van der Waals surface area contributed by atoms with Gasteiger partial charge in [-0.3, -0.25) is 9.59 Å². The third-order valence-electron chi connectivity index (χ3n) is 4.03. The fourth-order valence-electron chi connectivity index (χ4n) is 2.35. The molecule has 1 fully saturated rings. The van der Waals surface area contributed by atoms with E-state index in [0.29, 0.717) is 24.0 Å². The summed E-state index contributed by atoms with van der Waals surface area (Å²) in [6.45, 7) is 12.4. The van der Waals surface area contributed by atoms with Crippen molar-refractivity contribution in [3.63, 3.8) is 0 Å². The number of hydrogen-bond donors (Lipinski definition) is 1. The van der Waals surface area contributed by atoms with Crippen molar-refractivity contribution < 1.29 is 9.59 Å². The minimum Gasteiger partial charge on any atom is -0.352 e. The lowest BCUT2D eigenvalue weighted by Crippen LogP contribution is -2.52. The van der Waals surface area contributed by atoms with Crippen molar-refractivity contribution >= 4 is 23.6 Å². The number of amides is 2. The van der Waals surface area contributed by atoms with Crippen LogP contribution in [0.25, 0.3) is 0 Å². The van der Waals surface area contributed by atoms with Crippen LogP contribution >= 0.6 is 11.8 Å². The van der Waals surface area contributed by atoms with E-state index in [0.717, 1.165) is 6.42 Å². The Morgan fingerprint density at radius 3 is 2.33 bits per heavy atom. The van der Waals surface area contributed by atoms with Crippen LogP contribution in [0.1, 0.15) is 54.4 Å². The first-order chi connectivity index (χ1) is 9.77. The van der Waals surface area contributed by atoms with E-state index < -0.39 is 0 Å². The predicted octanol–water partition coefficient (Wildman–Crippen LogP) is 2.87. The summed E-state index contributed by atoms with van der Waals surface area (Å²) in [5.74, 6) is 1.70. The standard InChI is InChI=1S/C16H30N2O2S/c1-7-14(19)18-13(9-21-15(18)8-10(2)3)16(20)17-12(6)11(4)5/h10-13,15H,7-9H2,1-6H3,(H,17,20). The first-order valence-electron chi connectivity index (χ1n) is 8.01. The van der Waals surface area contributed by atoms with Gasteiger partial charge in [0.25, 0.3) is 0 Å². The SMILES string of the molecule is CCC(=O)N1C(CC(C)C)SCC1C(=O)NC(C)C(C)C. The van der Waals surface area contributed by atoms with Gasteiger partial charge in [0.15, 0.2) is 0 Å². The van der Waals surface area contributed by atoms with Crippen molar-refractivity contribution in [3.05, 3.63) is 0 Å². The van der Waals surface area contributed by atoms with Gasteiger partial charge in [0.05, 0.1) is 5.37 Å². The van der Waals surface area contributed by atoms with Crippen LogP contribution in [0.5, 0.6) is 0 Å². The van der Waals surface area contributed by atoms with Crippen LogP contribution in [-0.2, 0) is 9.59 Å². The number of rotatable bonds is 6. The molecule has 1 aliphatic rings. The largest absolute Gasteiger partial charge is 0.352 e. The van der Waals surface area contributed by atoms with Crippen molar-refractivity contribution in [1.82, 2.24) is 10.2 Å². The molecule has 0 aromatic rings. The van der Waals surface area contributed by atoms with Gasteiger partial charge in [-0.1, -0.05) is 34.6 Å². The average Bonchev–Trinajstić information content (AvgIpc) is 2.80. The molecule has 0 spiro atoms. The average molecular weight is 314 g/mol. The Morgan fingerprint density at radius 1 is 1.24 bits per heavy atom. The molecule has 0 saturated carbocycles.